The number of hydrogen-bond acceptors (Lipinski definition) is 4. The topological polar surface area (TPSA) is 52.6 Å². The van der Waals surface area contributed by atoms with E-state index in [1.165, 1.54) is 12.7 Å². The molecular formula is C21H24O4. The highest BCUT2D eigenvalue weighted by Crippen LogP contribution is 2.23. The molecule has 0 aliphatic rings. The van der Waals surface area contributed by atoms with Crippen molar-refractivity contribution in [3.63, 3.8) is 0 Å². The summed E-state index contributed by atoms with van der Waals surface area (Å²) in [7, 11) is 1.33. The standard InChI is InChI=1S/C21H24O4/c1-14(25-18-12-8-16(9-13-18)20(23)24-5)19(22)15-6-10-17(11-7-15)21(2,3)4/h6-14H,1-5H3. The van der Waals surface area contributed by atoms with E-state index < -0.39 is 12.1 Å². The van der Waals surface area contributed by atoms with Crippen LogP contribution in [0, 0.1) is 0 Å². The second-order valence-corrected chi connectivity index (χ2v) is 6.97. The Morgan fingerprint density at radius 1 is 0.880 bits per heavy atom. The molecule has 0 aliphatic carbocycles. The van der Waals surface area contributed by atoms with Crippen LogP contribution in [0.15, 0.2) is 48.5 Å². The molecule has 0 N–H and O–H groups in total. The molecule has 0 bridgehead atoms. The molecule has 2 rings (SSSR count). The third-order valence-electron chi connectivity index (χ3n) is 3.99. The molecule has 0 fully saturated rings. The van der Waals surface area contributed by atoms with Crippen LogP contribution >= 0.6 is 0 Å². The third-order valence-corrected chi connectivity index (χ3v) is 3.99. The first-order chi connectivity index (χ1) is 11.7. The highest BCUT2D eigenvalue weighted by atomic mass is 16.5. The fourth-order valence-electron chi connectivity index (χ4n) is 2.41. The van der Waals surface area contributed by atoms with Gasteiger partial charge in [-0.1, -0.05) is 45.0 Å². The summed E-state index contributed by atoms with van der Waals surface area (Å²) in [5, 5.41) is 0. The number of rotatable bonds is 5. The van der Waals surface area contributed by atoms with Gasteiger partial charge < -0.3 is 9.47 Å². The van der Waals surface area contributed by atoms with Gasteiger partial charge in [0.25, 0.3) is 0 Å². The van der Waals surface area contributed by atoms with Crippen LogP contribution in [0.25, 0.3) is 0 Å². The summed E-state index contributed by atoms with van der Waals surface area (Å²) in [6.07, 6.45) is -0.621. The van der Waals surface area contributed by atoms with Gasteiger partial charge in [0, 0.05) is 5.56 Å². The second-order valence-electron chi connectivity index (χ2n) is 6.97. The summed E-state index contributed by atoms with van der Waals surface area (Å²) in [5.41, 5.74) is 2.28. The van der Waals surface area contributed by atoms with Crippen LogP contribution in [-0.4, -0.2) is 25.0 Å². The Balaban J connectivity index is 2.06. The van der Waals surface area contributed by atoms with E-state index in [1.807, 2.05) is 24.3 Å². The molecule has 25 heavy (non-hydrogen) atoms. The number of Topliss-reactive ketones (excluding diaryl/α,β-unsaturated/α-hetero) is 1. The Bertz CT molecular complexity index is 737. The number of carbonyl (C=O) groups excluding carboxylic acids is 2. The number of hydrogen-bond donors (Lipinski definition) is 0. The van der Waals surface area contributed by atoms with Crippen LogP contribution in [0.1, 0.15) is 54.0 Å². The Morgan fingerprint density at radius 2 is 1.40 bits per heavy atom. The van der Waals surface area contributed by atoms with E-state index in [4.69, 9.17) is 4.74 Å². The molecule has 0 heterocycles. The quantitative estimate of drug-likeness (QED) is 0.597. The lowest BCUT2D eigenvalue weighted by atomic mass is 9.86. The van der Waals surface area contributed by atoms with Gasteiger partial charge in [0.2, 0.25) is 5.78 Å². The molecule has 1 unspecified atom stereocenters. The highest BCUT2D eigenvalue weighted by Gasteiger charge is 2.19. The van der Waals surface area contributed by atoms with E-state index in [2.05, 4.69) is 25.5 Å². The van der Waals surface area contributed by atoms with Gasteiger partial charge in [-0.2, -0.15) is 0 Å². The van der Waals surface area contributed by atoms with Crippen molar-refractivity contribution in [1.29, 1.82) is 0 Å². The minimum Gasteiger partial charge on any atom is -0.483 e. The summed E-state index contributed by atoms with van der Waals surface area (Å²) in [6.45, 7) is 8.11. The number of carbonyl (C=O) groups is 2. The normalized spacial score (nSPS) is 12.4. The van der Waals surface area contributed by atoms with Crippen molar-refractivity contribution in [3.05, 3.63) is 65.2 Å². The summed E-state index contributed by atoms with van der Waals surface area (Å²) in [4.78, 5) is 24.0. The molecule has 0 spiro atoms. The van der Waals surface area contributed by atoms with Gasteiger partial charge in [-0.25, -0.2) is 4.79 Å². The van der Waals surface area contributed by atoms with Gasteiger partial charge in [0.05, 0.1) is 12.7 Å². The van der Waals surface area contributed by atoms with E-state index in [0.717, 1.165) is 0 Å². The van der Waals surface area contributed by atoms with Crippen molar-refractivity contribution in [3.8, 4) is 5.75 Å². The van der Waals surface area contributed by atoms with Crippen molar-refractivity contribution >= 4 is 11.8 Å². The van der Waals surface area contributed by atoms with Gasteiger partial charge in [-0.05, 0) is 42.2 Å². The smallest absolute Gasteiger partial charge is 0.337 e. The predicted octanol–water partition coefficient (Wildman–Crippen LogP) is 4.42. The number of ketones is 1. The van der Waals surface area contributed by atoms with Crippen LogP contribution in [0.2, 0.25) is 0 Å². The zero-order valence-corrected chi connectivity index (χ0v) is 15.3. The molecule has 0 radical (unpaired) electrons. The maximum Gasteiger partial charge on any atom is 0.337 e. The highest BCUT2D eigenvalue weighted by molar-refractivity contribution is 5.99. The molecule has 2 aromatic carbocycles. The number of ether oxygens (including phenoxy) is 2. The summed E-state index contributed by atoms with van der Waals surface area (Å²) in [5.74, 6) is 0.0342. The predicted molar refractivity (Wildman–Crippen MR) is 97.3 cm³/mol. The SMILES string of the molecule is COC(=O)c1ccc(OC(C)C(=O)c2ccc(C(C)(C)C)cc2)cc1. The maximum absolute atomic E-state index is 12.5. The molecule has 0 aliphatic heterocycles. The summed E-state index contributed by atoms with van der Waals surface area (Å²) >= 11 is 0. The lowest BCUT2D eigenvalue weighted by Gasteiger charge is -2.19. The average molecular weight is 340 g/mol. The van der Waals surface area contributed by atoms with Gasteiger partial charge >= 0.3 is 5.97 Å². The Morgan fingerprint density at radius 3 is 1.88 bits per heavy atom. The first kappa shape index (κ1) is 18.7. The largest absolute Gasteiger partial charge is 0.483 e. The molecule has 4 heteroatoms. The second kappa shape index (κ2) is 7.51. The van der Waals surface area contributed by atoms with E-state index in [1.54, 1.807) is 31.2 Å². The molecule has 132 valence electrons. The third kappa shape index (κ3) is 4.69. The summed E-state index contributed by atoms with van der Waals surface area (Å²) < 4.78 is 10.3. The van der Waals surface area contributed by atoms with Gasteiger partial charge in [0.1, 0.15) is 5.75 Å². The van der Waals surface area contributed by atoms with Crippen LogP contribution in [0.5, 0.6) is 5.75 Å². The molecule has 1 atom stereocenters. The number of esters is 1. The van der Waals surface area contributed by atoms with Gasteiger partial charge in [0.15, 0.2) is 6.10 Å². The fourth-order valence-corrected chi connectivity index (χ4v) is 2.41. The first-order valence-corrected chi connectivity index (χ1v) is 8.22. The Hall–Kier alpha value is -2.62. The fraction of sp³-hybridized carbons (Fsp3) is 0.333. The van der Waals surface area contributed by atoms with Crippen molar-refractivity contribution in [2.45, 2.75) is 39.2 Å². The number of benzene rings is 2. The van der Waals surface area contributed by atoms with E-state index in [-0.39, 0.29) is 11.2 Å². The average Bonchev–Trinajstić information content (AvgIpc) is 2.60. The lowest BCUT2D eigenvalue weighted by Crippen LogP contribution is -2.24. The molecule has 0 aromatic heterocycles. The van der Waals surface area contributed by atoms with Crippen LogP contribution in [0.4, 0.5) is 0 Å². The summed E-state index contributed by atoms with van der Waals surface area (Å²) in [6, 6.07) is 14.1. The molecule has 0 saturated carbocycles. The van der Waals surface area contributed by atoms with Crippen molar-refractivity contribution in [2.24, 2.45) is 0 Å². The Labute approximate surface area is 148 Å². The van der Waals surface area contributed by atoms with Crippen LogP contribution in [0.3, 0.4) is 0 Å². The molecular weight excluding hydrogens is 316 g/mol. The van der Waals surface area contributed by atoms with Crippen molar-refractivity contribution < 1.29 is 19.1 Å². The first-order valence-electron chi connectivity index (χ1n) is 8.22. The molecule has 4 nitrogen and oxygen atoms in total. The zero-order valence-electron chi connectivity index (χ0n) is 15.3. The lowest BCUT2D eigenvalue weighted by molar-refractivity contribution is 0.0600. The number of methoxy groups -OCH3 is 1. The van der Waals surface area contributed by atoms with Crippen molar-refractivity contribution in [1.82, 2.24) is 0 Å². The molecule has 0 saturated heterocycles. The van der Waals surface area contributed by atoms with E-state index in [0.29, 0.717) is 16.9 Å². The van der Waals surface area contributed by atoms with E-state index in [9.17, 15) is 9.59 Å². The van der Waals surface area contributed by atoms with Gasteiger partial charge in [-0.3, -0.25) is 4.79 Å². The minimum atomic E-state index is -0.621. The van der Waals surface area contributed by atoms with E-state index >= 15 is 0 Å². The van der Waals surface area contributed by atoms with Crippen LogP contribution in [-0.2, 0) is 10.2 Å². The minimum absolute atomic E-state index is 0.0467. The Kier molecular flexibility index (Phi) is 5.62. The van der Waals surface area contributed by atoms with Crippen LogP contribution < -0.4 is 4.74 Å². The van der Waals surface area contributed by atoms with Crippen molar-refractivity contribution in [2.75, 3.05) is 7.11 Å². The monoisotopic (exact) mass is 340 g/mol. The molecule has 0 amide bonds. The zero-order chi connectivity index (χ0) is 18.6. The molecule has 2 aromatic rings. The maximum atomic E-state index is 12.5. The van der Waals surface area contributed by atoms with Gasteiger partial charge in [-0.15, -0.1) is 0 Å².